The third-order valence-electron chi connectivity index (χ3n) is 2.51. The highest BCUT2D eigenvalue weighted by molar-refractivity contribution is 5.39. The first-order valence-corrected chi connectivity index (χ1v) is 4.98. The summed E-state index contributed by atoms with van der Waals surface area (Å²) in [4.78, 5) is 8.05. The van der Waals surface area contributed by atoms with Gasteiger partial charge in [-0.05, 0) is 13.3 Å². The van der Waals surface area contributed by atoms with E-state index in [4.69, 9.17) is 10.5 Å². The maximum Gasteiger partial charge on any atom is 0.218 e. The van der Waals surface area contributed by atoms with Crippen LogP contribution in [0, 0.1) is 0 Å². The smallest absolute Gasteiger partial charge is 0.218 e. The van der Waals surface area contributed by atoms with Crippen molar-refractivity contribution in [2.24, 2.45) is 5.73 Å². The van der Waals surface area contributed by atoms with Gasteiger partial charge in [0.15, 0.2) is 0 Å². The van der Waals surface area contributed by atoms with Gasteiger partial charge in [-0.15, -0.1) is 0 Å². The van der Waals surface area contributed by atoms with Gasteiger partial charge in [-0.25, -0.2) is 9.97 Å². The lowest BCUT2D eigenvalue weighted by Gasteiger charge is -2.28. The maximum absolute atomic E-state index is 5.70. The van der Waals surface area contributed by atoms with Gasteiger partial charge in [0.2, 0.25) is 5.88 Å². The van der Waals surface area contributed by atoms with Crippen LogP contribution in [0.15, 0.2) is 12.4 Å². The molecule has 1 aromatic rings. The topological polar surface area (TPSA) is 73.1 Å². The van der Waals surface area contributed by atoms with E-state index in [1.54, 1.807) is 13.2 Å². The molecule has 1 rings (SSSR count). The first kappa shape index (κ1) is 11.7. The van der Waals surface area contributed by atoms with Gasteiger partial charge in [-0.2, -0.15) is 0 Å². The number of rotatable bonds is 5. The largest absolute Gasteiger partial charge is 0.481 e. The second-order valence-electron chi connectivity index (χ2n) is 3.69. The molecule has 1 unspecified atom stereocenters. The highest BCUT2D eigenvalue weighted by Crippen LogP contribution is 2.17. The minimum Gasteiger partial charge on any atom is -0.481 e. The summed E-state index contributed by atoms with van der Waals surface area (Å²) >= 11 is 0. The molecule has 0 aliphatic rings. The minimum absolute atomic E-state index is 0.140. The van der Waals surface area contributed by atoms with Gasteiger partial charge in [0.05, 0.1) is 7.11 Å². The van der Waals surface area contributed by atoms with E-state index in [0.29, 0.717) is 12.4 Å². The van der Waals surface area contributed by atoms with Gasteiger partial charge in [-0.3, -0.25) is 0 Å². The quantitative estimate of drug-likeness (QED) is 0.759. The molecule has 0 fully saturated rings. The Labute approximate surface area is 90.1 Å². The van der Waals surface area contributed by atoms with Crippen molar-refractivity contribution in [3.63, 3.8) is 0 Å². The third kappa shape index (κ3) is 3.06. The number of aromatic nitrogens is 2. The van der Waals surface area contributed by atoms with Crippen molar-refractivity contribution in [3.8, 4) is 5.88 Å². The fourth-order valence-electron chi connectivity index (χ4n) is 1.11. The van der Waals surface area contributed by atoms with Gasteiger partial charge in [0, 0.05) is 18.2 Å². The van der Waals surface area contributed by atoms with Crippen LogP contribution in [-0.2, 0) is 0 Å². The Hall–Kier alpha value is -1.36. The molecule has 0 radical (unpaired) electrons. The second kappa shape index (κ2) is 4.93. The Morgan fingerprint density at radius 2 is 2.27 bits per heavy atom. The van der Waals surface area contributed by atoms with Crippen molar-refractivity contribution >= 4 is 5.82 Å². The van der Waals surface area contributed by atoms with Crippen molar-refractivity contribution < 1.29 is 4.74 Å². The number of ether oxygens (including phenoxy) is 1. The Morgan fingerprint density at radius 1 is 1.53 bits per heavy atom. The van der Waals surface area contributed by atoms with E-state index in [9.17, 15) is 0 Å². The molecule has 0 bridgehead atoms. The van der Waals surface area contributed by atoms with Crippen LogP contribution in [-0.4, -0.2) is 29.2 Å². The Bertz CT molecular complexity index is 312. The predicted molar refractivity (Wildman–Crippen MR) is 60.0 cm³/mol. The van der Waals surface area contributed by atoms with Crippen LogP contribution >= 0.6 is 0 Å². The summed E-state index contributed by atoms with van der Waals surface area (Å²) in [5.74, 6) is 1.28. The molecule has 5 nitrogen and oxygen atoms in total. The number of methoxy groups -OCH3 is 1. The third-order valence-corrected chi connectivity index (χ3v) is 2.51. The van der Waals surface area contributed by atoms with E-state index in [1.165, 1.54) is 6.33 Å². The molecule has 0 amide bonds. The highest BCUT2D eigenvalue weighted by Gasteiger charge is 2.20. The van der Waals surface area contributed by atoms with Crippen LogP contribution < -0.4 is 15.8 Å². The van der Waals surface area contributed by atoms with E-state index < -0.39 is 0 Å². The summed E-state index contributed by atoms with van der Waals surface area (Å²) in [6.07, 6.45) is 2.39. The number of hydrogen-bond acceptors (Lipinski definition) is 5. The second-order valence-corrected chi connectivity index (χ2v) is 3.69. The summed E-state index contributed by atoms with van der Waals surface area (Å²) in [5.41, 5.74) is 5.56. The molecule has 0 saturated heterocycles. The Kier molecular flexibility index (Phi) is 3.85. The number of hydrogen-bond donors (Lipinski definition) is 2. The standard InChI is InChI=1S/C10H18N4O/c1-4-10(2,6-11)14-8-5-9(15-3)13-7-12-8/h5,7H,4,6,11H2,1-3H3,(H,12,13,14). The molecular formula is C10H18N4O. The summed E-state index contributed by atoms with van der Waals surface area (Å²) < 4.78 is 5.01. The molecule has 0 aromatic carbocycles. The average Bonchev–Trinajstić information content (AvgIpc) is 2.29. The van der Waals surface area contributed by atoms with E-state index >= 15 is 0 Å². The number of nitrogens with one attached hydrogen (secondary N) is 1. The first-order chi connectivity index (χ1) is 7.13. The fourth-order valence-corrected chi connectivity index (χ4v) is 1.11. The summed E-state index contributed by atoms with van der Waals surface area (Å²) in [5, 5.41) is 3.27. The first-order valence-electron chi connectivity index (χ1n) is 4.98. The lowest BCUT2D eigenvalue weighted by atomic mass is 9.99. The van der Waals surface area contributed by atoms with Crippen LogP contribution in [0.3, 0.4) is 0 Å². The van der Waals surface area contributed by atoms with Crippen LogP contribution in [0.1, 0.15) is 20.3 Å². The normalized spacial score (nSPS) is 14.4. The molecule has 84 valence electrons. The summed E-state index contributed by atoms with van der Waals surface area (Å²) in [6.45, 7) is 4.69. The van der Waals surface area contributed by atoms with Crippen molar-refractivity contribution in [1.82, 2.24) is 9.97 Å². The minimum atomic E-state index is -0.140. The predicted octanol–water partition coefficient (Wildman–Crippen LogP) is 1.02. The summed E-state index contributed by atoms with van der Waals surface area (Å²) in [7, 11) is 1.58. The zero-order valence-corrected chi connectivity index (χ0v) is 9.45. The number of nitrogens with two attached hydrogens (primary N) is 1. The lowest BCUT2D eigenvalue weighted by Crippen LogP contribution is -2.42. The van der Waals surface area contributed by atoms with E-state index in [2.05, 4.69) is 29.1 Å². The SMILES string of the molecule is CCC(C)(CN)Nc1cc(OC)ncn1. The summed E-state index contributed by atoms with van der Waals surface area (Å²) in [6, 6.07) is 1.75. The molecular weight excluding hydrogens is 192 g/mol. The van der Waals surface area contributed by atoms with E-state index in [1.807, 2.05) is 0 Å². The molecule has 15 heavy (non-hydrogen) atoms. The van der Waals surface area contributed by atoms with Crippen LogP contribution in [0.4, 0.5) is 5.82 Å². The van der Waals surface area contributed by atoms with Gasteiger partial charge < -0.3 is 15.8 Å². The Balaban J connectivity index is 2.79. The van der Waals surface area contributed by atoms with Crippen LogP contribution in [0.2, 0.25) is 0 Å². The molecule has 0 aliphatic heterocycles. The van der Waals surface area contributed by atoms with E-state index in [-0.39, 0.29) is 5.54 Å². The number of anilines is 1. The molecule has 1 heterocycles. The lowest BCUT2D eigenvalue weighted by molar-refractivity contribution is 0.396. The zero-order valence-electron chi connectivity index (χ0n) is 9.45. The van der Waals surface area contributed by atoms with Gasteiger partial charge in [0.25, 0.3) is 0 Å². The zero-order chi connectivity index (χ0) is 11.3. The molecule has 5 heteroatoms. The van der Waals surface area contributed by atoms with Gasteiger partial charge in [0.1, 0.15) is 12.1 Å². The van der Waals surface area contributed by atoms with Crippen molar-refractivity contribution in [2.45, 2.75) is 25.8 Å². The van der Waals surface area contributed by atoms with E-state index in [0.717, 1.165) is 12.2 Å². The Morgan fingerprint density at radius 3 is 2.80 bits per heavy atom. The molecule has 0 saturated carbocycles. The number of nitrogens with zero attached hydrogens (tertiary/aromatic N) is 2. The molecule has 0 spiro atoms. The highest BCUT2D eigenvalue weighted by atomic mass is 16.5. The van der Waals surface area contributed by atoms with Crippen molar-refractivity contribution in [2.75, 3.05) is 19.0 Å². The van der Waals surface area contributed by atoms with Crippen LogP contribution in [0.25, 0.3) is 0 Å². The molecule has 0 aliphatic carbocycles. The van der Waals surface area contributed by atoms with Crippen molar-refractivity contribution in [3.05, 3.63) is 12.4 Å². The fraction of sp³-hybridized carbons (Fsp3) is 0.600. The average molecular weight is 210 g/mol. The monoisotopic (exact) mass is 210 g/mol. The van der Waals surface area contributed by atoms with Crippen LogP contribution in [0.5, 0.6) is 5.88 Å². The molecule has 1 aromatic heterocycles. The van der Waals surface area contributed by atoms with Crippen molar-refractivity contribution in [1.29, 1.82) is 0 Å². The molecule has 3 N–H and O–H groups in total. The van der Waals surface area contributed by atoms with Gasteiger partial charge >= 0.3 is 0 Å². The maximum atomic E-state index is 5.70. The molecule has 1 atom stereocenters. The van der Waals surface area contributed by atoms with Gasteiger partial charge in [-0.1, -0.05) is 6.92 Å².